The van der Waals surface area contributed by atoms with E-state index >= 15 is 0 Å². The Morgan fingerprint density at radius 2 is 2.20 bits per heavy atom. The van der Waals surface area contributed by atoms with E-state index in [9.17, 15) is 4.79 Å². The van der Waals surface area contributed by atoms with Crippen LogP contribution in [0.1, 0.15) is 26.2 Å². The highest BCUT2D eigenvalue weighted by molar-refractivity contribution is 5.91. The summed E-state index contributed by atoms with van der Waals surface area (Å²) in [6.45, 7) is 4.28. The molecule has 1 atom stereocenters. The van der Waals surface area contributed by atoms with E-state index in [4.69, 9.17) is 4.74 Å². The maximum absolute atomic E-state index is 12.3. The van der Waals surface area contributed by atoms with Crippen LogP contribution < -0.4 is 15.4 Å². The van der Waals surface area contributed by atoms with Gasteiger partial charge in [-0.15, -0.1) is 0 Å². The van der Waals surface area contributed by atoms with Crippen LogP contribution in [0.25, 0.3) is 0 Å². The summed E-state index contributed by atoms with van der Waals surface area (Å²) in [5, 5.41) is 6.33. The summed E-state index contributed by atoms with van der Waals surface area (Å²) < 4.78 is 5.64. The Kier molecular flexibility index (Phi) is 5.95. The number of anilines is 1. The molecule has 1 unspecified atom stereocenters. The van der Waals surface area contributed by atoms with Crippen molar-refractivity contribution < 1.29 is 9.53 Å². The van der Waals surface area contributed by atoms with E-state index in [1.807, 2.05) is 18.2 Å². The van der Waals surface area contributed by atoms with Crippen molar-refractivity contribution in [2.45, 2.75) is 26.2 Å². The molecule has 6 heteroatoms. The molecule has 2 N–H and O–H groups in total. The van der Waals surface area contributed by atoms with Gasteiger partial charge in [-0.2, -0.15) is 0 Å². The van der Waals surface area contributed by atoms with Crippen molar-refractivity contribution in [1.29, 1.82) is 0 Å². The smallest absolute Gasteiger partial charge is 0.237 e. The molecule has 2 heterocycles. The fourth-order valence-electron chi connectivity index (χ4n) is 3.18. The molecule has 0 saturated carbocycles. The summed E-state index contributed by atoms with van der Waals surface area (Å²) >= 11 is 0. The number of hydrogen-bond acceptors (Lipinski definition) is 5. The second kappa shape index (κ2) is 8.58. The molecule has 132 valence electrons. The molecule has 1 fully saturated rings. The lowest BCUT2D eigenvalue weighted by molar-refractivity contribution is -0.117. The molecule has 2 aromatic rings. The summed E-state index contributed by atoms with van der Waals surface area (Å²) in [6.07, 6.45) is 7.55. The molecule has 3 rings (SSSR count). The lowest BCUT2D eigenvalue weighted by atomic mass is 9.84. The van der Waals surface area contributed by atoms with Crippen molar-refractivity contribution in [2.24, 2.45) is 11.8 Å². The standard InChI is InChI=1S/C19H24N4O2/c1-14(15-5-7-20-8-6-15)11-18(24)23-16-3-2-4-17(12-16)25-19-13-21-9-10-22-19/h2-4,9-10,12-15,20H,5-8,11H2,1H3,(H,23,24). The third-order valence-electron chi connectivity index (χ3n) is 4.58. The predicted octanol–water partition coefficient (Wildman–Crippen LogP) is 3.23. The first-order valence-electron chi connectivity index (χ1n) is 8.75. The Morgan fingerprint density at radius 3 is 2.96 bits per heavy atom. The van der Waals surface area contributed by atoms with Crippen LogP contribution in [-0.4, -0.2) is 29.0 Å². The van der Waals surface area contributed by atoms with Crippen LogP contribution in [0.3, 0.4) is 0 Å². The SMILES string of the molecule is CC(CC(=O)Nc1cccc(Oc2cnccn2)c1)C1CCNCC1. The Balaban J connectivity index is 1.55. The lowest BCUT2D eigenvalue weighted by Gasteiger charge is -2.27. The maximum atomic E-state index is 12.3. The van der Waals surface area contributed by atoms with Crippen LogP contribution in [0.2, 0.25) is 0 Å². The van der Waals surface area contributed by atoms with Gasteiger partial charge in [-0.1, -0.05) is 13.0 Å². The number of amides is 1. The van der Waals surface area contributed by atoms with Gasteiger partial charge in [0.05, 0.1) is 6.20 Å². The summed E-state index contributed by atoms with van der Waals surface area (Å²) in [7, 11) is 0. The Morgan fingerprint density at radius 1 is 1.36 bits per heavy atom. The maximum Gasteiger partial charge on any atom is 0.237 e. The van der Waals surface area contributed by atoms with Crippen LogP contribution in [-0.2, 0) is 4.79 Å². The number of aromatic nitrogens is 2. The van der Waals surface area contributed by atoms with Crippen LogP contribution in [0, 0.1) is 11.8 Å². The highest BCUT2D eigenvalue weighted by atomic mass is 16.5. The van der Waals surface area contributed by atoms with E-state index in [1.54, 1.807) is 24.7 Å². The van der Waals surface area contributed by atoms with Crippen molar-refractivity contribution in [3.63, 3.8) is 0 Å². The van der Waals surface area contributed by atoms with E-state index in [2.05, 4.69) is 27.5 Å². The Hall–Kier alpha value is -2.47. The molecule has 1 aliphatic rings. The zero-order valence-electron chi connectivity index (χ0n) is 14.4. The number of ether oxygens (including phenoxy) is 1. The van der Waals surface area contributed by atoms with Gasteiger partial charge in [0.2, 0.25) is 11.8 Å². The second-order valence-electron chi connectivity index (χ2n) is 6.49. The molecule has 1 aliphatic heterocycles. The average molecular weight is 340 g/mol. The number of rotatable bonds is 6. The molecule has 0 bridgehead atoms. The minimum absolute atomic E-state index is 0.0442. The van der Waals surface area contributed by atoms with Gasteiger partial charge in [0.15, 0.2) is 0 Å². The minimum atomic E-state index is 0.0442. The molecule has 6 nitrogen and oxygen atoms in total. The third kappa shape index (κ3) is 5.26. The molecule has 1 amide bonds. The largest absolute Gasteiger partial charge is 0.437 e. The lowest BCUT2D eigenvalue weighted by Crippen LogP contribution is -2.32. The third-order valence-corrected chi connectivity index (χ3v) is 4.58. The van der Waals surface area contributed by atoms with Crippen LogP contribution in [0.5, 0.6) is 11.6 Å². The molecule has 0 spiro atoms. The van der Waals surface area contributed by atoms with Crippen molar-refractivity contribution in [2.75, 3.05) is 18.4 Å². The molecule has 0 aliphatic carbocycles. The normalized spacial score (nSPS) is 16.2. The monoisotopic (exact) mass is 340 g/mol. The average Bonchev–Trinajstić information content (AvgIpc) is 2.63. The van der Waals surface area contributed by atoms with Gasteiger partial charge in [-0.3, -0.25) is 9.78 Å². The second-order valence-corrected chi connectivity index (χ2v) is 6.49. The van der Waals surface area contributed by atoms with Crippen LogP contribution in [0.4, 0.5) is 5.69 Å². The molecular formula is C19H24N4O2. The fraction of sp³-hybridized carbons (Fsp3) is 0.421. The van der Waals surface area contributed by atoms with Crippen LogP contribution >= 0.6 is 0 Å². The fourth-order valence-corrected chi connectivity index (χ4v) is 3.18. The summed E-state index contributed by atoms with van der Waals surface area (Å²) in [4.78, 5) is 20.4. The Bertz CT molecular complexity index is 687. The molecular weight excluding hydrogens is 316 g/mol. The Labute approximate surface area is 148 Å². The first-order valence-corrected chi connectivity index (χ1v) is 8.75. The number of nitrogens with zero attached hydrogens (tertiary/aromatic N) is 2. The van der Waals surface area contributed by atoms with Gasteiger partial charge < -0.3 is 15.4 Å². The highest BCUT2D eigenvalue weighted by Gasteiger charge is 2.22. The van der Waals surface area contributed by atoms with Crippen LogP contribution in [0.15, 0.2) is 42.9 Å². The quantitative estimate of drug-likeness (QED) is 0.844. The minimum Gasteiger partial charge on any atom is -0.437 e. The summed E-state index contributed by atoms with van der Waals surface area (Å²) in [5.74, 6) is 2.09. The molecule has 25 heavy (non-hydrogen) atoms. The van der Waals surface area contributed by atoms with Crippen molar-refractivity contribution in [1.82, 2.24) is 15.3 Å². The van der Waals surface area contributed by atoms with E-state index in [1.165, 1.54) is 0 Å². The van der Waals surface area contributed by atoms with Crippen molar-refractivity contribution in [3.8, 4) is 11.6 Å². The van der Waals surface area contributed by atoms with E-state index in [0.29, 0.717) is 29.9 Å². The van der Waals surface area contributed by atoms with Crippen molar-refractivity contribution in [3.05, 3.63) is 42.9 Å². The number of carbonyl (C=O) groups is 1. The van der Waals surface area contributed by atoms with E-state index in [-0.39, 0.29) is 5.91 Å². The van der Waals surface area contributed by atoms with Gasteiger partial charge in [0, 0.05) is 30.6 Å². The van der Waals surface area contributed by atoms with Gasteiger partial charge in [-0.25, -0.2) is 4.98 Å². The van der Waals surface area contributed by atoms with Gasteiger partial charge >= 0.3 is 0 Å². The molecule has 1 aromatic carbocycles. The first-order chi connectivity index (χ1) is 12.2. The summed E-state index contributed by atoms with van der Waals surface area (Å²) in [6, 6.07) is 7.32. The molecule has 1 saturated heterocycles. The number of nitrogens with one attached hydrogen (secondary N) is 2. The van der Waals surface area contributed by atoms with E-state index in [0.717, 1.165) is 31.6 Å². The topological polar surface area (TPSA) is 76.1 Å². The number of carbonyl (C=O) groups excluding carboxylic acids is 1. The number of hydrogen-bond donors (Lipinski definition) is 2. The molecule has 0 radical (unpaired) electrons. The first kappa shape index (κ1) is 17.4. The van der Waals surface area contributed by atoms with Gasteiger partial charge in [0.25, 0.3) is 0 Å². The van der Waals surface area contributed by atoms with Gasteiger partial charge in [0.1, 0.15) is 5.75 Å². The van der Waals surface area contributed by atoms with E-state index < -0.39 is 0 Å². The summed E-state index contributed by atoms with van der Waals surface area (Å²) in [5.41, 5.74) is 0.726. The number of piperidine rings is 1. The highest BCUT2D eigenvalue weighted by Crippen LogP contribution is 2.26. The zero-order chi connectivity index (χ0) is 17.5. The van der Waals surface area contributed by atoms with Crippen molar-refractivity contribution >= 4 is 11.6 Å². The van der Waals surface area contributed by atoms with Gasteiger partial charge in [-0.05, 0) is 49.9 Å². The zero-order valence-corrected chi connectivity index (χ0v) is 14.4. The molecule has 1 aromatic heterocycles. The predicted molar refractivity (Wildman–Crippen MR) is 96.6 cm³/mol. The number of benzene rings is 1.